The van der Waals surface area contributed by atoms with Crippen molar-refractivity contribution < 1.29 is 6.22 Å². The fourth-order valence-corrected chi connectivity index (χ4v) is 3.95. The van der Waals surface area contributed by atoms with Crippen molar-refractivity contribution in [1.29, 1.82) is 0 Å². The van der Waals surface area contributed by atoms with Gasteiger partial charge in [0.1, 0.15) is 0 Å². The van der Waals surface area contributed by atoms with Crippen molar-refractivity contribution in [2.24, 2.45) is 5.92 Å². The number of carbonyl (C=O) groups is 1. The number of fused-ring (bicyclic) bond motifs is 1. The van der Waals surface area contributed by atoms with Gasteiger partial charge in [0.25, 0.3) is 0 Å². The van der Waals surface area contributed by atoms with Crippen LogP contribution in [-0.4, -0.2) is 11.9 Å². The summed E-state index contributed by atoms with van der Waals surface area (Å²) in [5.41, 5.74) is 5.11. The predicted octanol–water partition coefficient (Wildman–Crippen LogP) is 6.12. The number of benzene rings is 2. The quantitative estimate of drug-likeness (QED) is 0.613. The molecule has 0 N–H and O–H groups in total. The van der Waals surface area contributed by atoms with Crippen molar-refractivity contribution in [3.8, 4) is 0 Å². The predicted molar refractivity (Wildman–Crippen MR) is 109 cm³/mol. The molecule has 0 saturated carbocycles. The molecule has 0 unspecified atom stereocenters. The average molecular weight is 340 g/mol. The second-order valence-corrected chi connectivity index (χ2v) is 7.22. The molecule has 0 radical (unpaired) electrons. The van der Waals surface area contributed by atoms with E-state index in [4.69, 9.17) is 0 Å². The molecule has 3 rings (SSSR count). The van der Waals surface area contributed by atoms with Gasteiger partial charge in [0.15, 0.2) is 0 Å². The zero-order valence-corrected chi connectivity index (χ0v) is 16.4. The first-order valence-electron chi connectivity index (χ1n) is 9.28. The van der Waals surface area contributed by atoms with Gasteiger partial charge in [-0.05, 0) is 50.7 Å². The number of para-hydroxylation sites is 1. The molecule has 1 amide bonds. The van der Waals surface area contributed by atoms with Crippen LogP contribution < -0.4 is 4.90 Å². The molecule has 25 heavy (non-hydrogen) atoms. The Bertz CT molecular complexity index is 710. The Balaban J connectivity index is 0.000000318. The number of anilines is 1. The third-order valence-electron chi connectivity index (χ3n) is 5.35. The van der Waals surface area contributed by atoms with Crippen LogP contribution in [0.15, 0.2) is 48.5 Å². The highest BCUT2D eigenvalue weighted by atomic mass is 16.2. The maximum absolute atomic E-state index is 11.8. The minimum atomic E-state index is 0. The van der Waals surface area contributed by atoms with Crippen LogP contribution in [0.3, 0.4) is 0 Å². The van der Waals surface area contributed by atoms with Crippen LogP contribution >= 0.6 is 0 Å². The fourth-order valence-electron chi connectivity index (χ4n) is 3.95. The van der Waals surface area contributed by atoms with Crippen molar-refractivity contribution in [1.82, 2.24) is 0 Å². The number of nitrogens with zero attached hydrogens (tertiary/aromatic N) is 1. The molecule has 136 valence electrons. The SMILES string of the molecule is CC[C@H]1c2ccccc2N(C(C)=O)[C@@H](C)[C@@H]1C.Cc1cccc(C)c1.[HH]. The molecule has 0 bridgehead atoms. The number of hydrogen-bond donors (Lipinski definition) is 0. The first-order valence-corrected chi connectivity index (χ1v) is 9.28. The second-order valence-electron chi connectivity index (χ2n) is 7.22. The lowest BCUT2D eigenvalue weighted by molar-refractivity contribution is -0.117. The van der Waals surface area contributed by atoms with Crippen LogP contribution in [0.25, 0.3) is 0 Å². The fraction of sp³-hybridized carbons (Fsp3) is 0.435. The van der Waals surface area contributed by atoms with Crippen molar-refractivity contribution in [3.05, 3.63) is 65.2 Å². The van der Waals surface area contributed by atoms with E-state index in [1.165, 1.54) is 16.7 Å². The van der Waals surface area contributed by atoms with Gasteiger partial charge in [0.05, 0.1) is 0 Å². The first-order chi connectivity index (χ1) is 11.9. The summed E-state index contributed by atoms with van der Waals surface area (Å²) in [6.07, 6.45) is 1.13. The Morgan fingerprint density at radius 2 is 1.64 bits per heavy atom. The van der Waals surface area contributed by atoms with Crippen molar-refractivity contribution in [2.45, 2.75) is 59.9 Å². The lowest BCUT2D eigenvalue weighted by Gasteiger charge is -2.43. The van der Waals surface area contributed by atoms with E-state index in [9.17, 15) is 4.79 Å². The van der Waals surface area contributed by atoms with E-state index in [0.29, 0.717) is 11.8 Å². The van der Waals surface area contributed by atoms with Gasteiger partial charge in [-0.2, -0.15) is 0 Å². The number of carbonyl (C=O) groups excluding carboxylic acids is 1. The highest BCUT2D eigenvalue weighted by Gasteiger charge is 2.36. The topological polar surface area (TPSA) is 20.3 Å². The van der Waals surface area contributed by atoms with E-state index in [1.807, 2.05) is 11.0 Å². The van der Waals surface area contributed by atoms with Crippen molar-refractivity contribution in [2.75, 3.05) is 4.90 Å². The molecule has 3 atom stereocenters. The molecule has 2 aromatic carbocycles. The minimum Gasteiger partial charge on any atom is -0.309 e. The van der Waals surface area contributed by atoms with Gasteiger partial charge < -0.3 is 4.90 Å². The van der Waals surface area contributed by atoms with Gasteiger partial charge in [0, 0.05) is 20.1 Å². The average Bonchev–Trinajstić information content (AvgIpc) is 2.56. The molecule has 1 aliphatic rings. The Morgan fingerprint density at radius 3 is 2.12 bits per heavy atom. The van der Waals surface area contributed by atoms with E-state index in [1.54, 1.807) is 6.92 Å². The number of rotatable bonds is 1. The first kappa shape index (κ1) is 19.2. The van der Waals surface area contributed by atoms with E-state index < -0.39 is 0 Å². The standard InChI is InChI=1S/C15H21NO.C8H10.H2/c1-5-13-10(2)11(3)16(12(4)17)15-9-7-6-8-14(13)15;1-7-4-3-5-8(2)6-7;/h6-11,13H,5H2,1-4H3;3-6H,1-2H3;1H/t10-,11-,13+;;/m0../s1. The summed E-state index contributed by atoms with van der Waals surface area (Å²) in [4.78, 5) is 13.8. The number of amides is 1. The van der Waals surface area contributed by atoms with Gasteiger partial charge in [-0.1, -0.05) is 67.4 Å². The van der Waals surface area contributed by atoms with E-state index in [2.05, 4.69) is 77.1 Å². The molecule has 2 nitrogen and oxygen atoms in total. The summed E-state index contributed by atoms with van der Waals surface area (Å²) < 4.78 is 0. The van der Waals surface area contributed by atoms with E-state index >= 15 is 0 Å². The molecule has 1 heterocycles. The van der Waals surface area contributed by atoms with Gasteiger partial charge in [-0.25, -0.2) is 0 Å². The third kappa shape index (κ3) is 4.31. The summed E-state index contributed by atoms with van der Waals surface area (Å²) in [6, 6.07) is 17.1. The highest BCUT2D eigenvalue weighted by molar-refractivity contribution is 5.93. The largest absolute Gasteiger partial charge is 0.309 e. The zero-order chi connectivity index (χ0) is 18.6. The summed E-state index contributed by atoms with van der Waals surface area (Å²) in [6.45, 7) is 12.5. The number of hydrogen-bond acceptors (Lipinski definition) is 1. The Kier molecular flexibility index (Phi) is 6.41. The van der Waals surface area contributed by atoms with Crippen LogP contribution in [-0.2, 0) is 4.79 Å². The molecule has 0 fully saturated rings. The Morgan fingerprint density at radius 1 is 1.04 bits per heavy atom. The lowest BCUT2D eigenvalue weighted by atomic mass is 9.76. The minimum absolute atomic E-state index is 0. The summed E-state index contributed by atoms with van der Waals surface area (Å²) in [5, 5.41) is 0. The molecule has 1 aliphatic heterocycles. The molecular formula is C23H33NO. The molecule has 0 aliphatic carbocycles. The van der Waals surface area contributed by atoms with Crippen LogP contribution in [0.1, 0.15) is 58.2 Å². The van der Waals surface area contributed by atoms with E-state index in [0.717, 1.165) is 12.1 Å². The van der Waals surface area contributed by atoms with Gasteiger partial charge in [-0.15, -0.1) is 0 Å². The smallest absolute Gasteiger partial charge is 0.224 e. The summed E-state index contributed by atoms with van der Waals surface area (Å²) >= 11 is 0. The molecule has 2 heteroatoms. The molecule has 0 spiro atoms. The molecule has 0 aromatic heterocycles. The molecule has 2 aromatic rings. The summed E-state index contributed by atoms with van der Waals surface area (Å²) in [5.74, 6) is 1.22. The van der Waals surface area contributed by atoms with Crippen molar-refractivity contribution >= 4 is 11.6 Å². The van der Waals surface area contributed by atoms with Gasteiger partial charge in [0.2, 0.25) is 5.91 Å². The second kappa shape index (κ2) is 8.33. The molecular weight excluding hydrogens is 306 g/mol. The normalized spacial score (nSPS) is 21.8. The maximum Gasteiger partial charge on any atom is 0.224 e. The van der Waals surface area contributed by atoms with Crippen molar-refractivity contribution in [3.63, 3.8) is 0 Å². The third-order valence-corrected chi connectivity index (χ3v) is 5.35. The maximum atomic E-state index is 11.8. The Hall–Kier alpha value is -2.09. The highest BCUT2D eigenvalue weighted by Crippen LogP contribution is 2.43. The number of aryl methyl sites for hydroxylation is 2. The molecule has 0 saturated heterocycles. The van der Waals surface area contributed by atoms with Crippen LogP contribution in [0.4, 0.5) is 5.69 Å². The monoisotopic (exact) mass is 339 g/mol. The summed E-state index contributed by atoms with van der Waals surface area (Å²) in [7, 11) is 0. The van der Waals surface area contributed by atoms with Gasteiger partial charge in [-0.3, -0.25) is 4.79 Å². The Labute approximate surface area is 154 Å². The van der Waals surface area contributed by atoms with E-state index in [-0.39, 0.29) is 13.4 Å². The van der Waals surface area contributed by atoms with Crippen LogP contribution in [0.2, 0.25) is 0 Å². The van der Waals surface area contributed by atoms with Crippen LogP contribution in [0.5, 0.6) is 0 Å². The lowest BCUT2D eigenvalue weighted by Crippen LogP contribution is -2.46. The van der Waals surface area contributed by atoms with Gasteiger partial charge >= 0.3 is 0 Å². The van der Waals surface area contributed by atoms with Crippen LogP contribution in [0, 0.1) is 19.8 Å². The zero-order valence-electron chi connectivity index (χ0n) is 16.4.